The third kappa shape index (κ3) is 8.76. The number of alkyl halides is 2. The Kier molecular flexibility index (Phi) is 11.5. The van der Waals surface area contributed by atoms with E-state index in [1.54, 1.807) is 4.67 Å². The van der Waals surface area contributed by atoms with Crippen LogP contribution in [0.2, 0.25) is 0 Å². The van der Waals surface area contributed by atoms with E-state index < -0.39 is 31.9 Å². The second kappa shape index (κ2) is 14.6. The molecule has 196 valence electrons. The van der Waals surface area contributed by atoms with E-state index in [0.717, 1.165) is 11.1 Å². The van der Waals surface area contributed by atoms with Crippen LogP contribution < -0.4 is 15.7 Å². The van der Waals surface area contributed by atoms with Crippen LogP contribution in [0, 0.1) is 0 Å². The highest BCUT2D eigenvalue weighted by Crippen LogP contribution is 2.49. The van der Waals surface area contributed by atoms with Crippen molar-refractivity contribution >= 4 is 42.9 Å². The average Bonchev–Trinajstić information content (AvgIpc) is 2.88. The molecule has 0 radical (unpaired) electrons. The fourth-order valence-corrected chi connectivity index (χ4v) is 6.38. The number of benzene rings is 2. The van der Waals surface area contributed by atoms with Crippen LogP contribution in [0.15, 0.2) is 60.7 Å². The fourth-order valence-electron chi connectivity index (χ4n) is 3.67. The van der Waals surface area contributed by atoms with Crippen LogP contribution in [-0.4, -0.2) is 60.3 Å². The summed E-state index contributed by atoms with van der Waals surface area (Å²) in [6.07, 6.45) is -0.706. The van der Waals surface area contributed by atoms with Crippen molar-refractivity contribution in [3.63, 3.8) is 0 Å². The molecule has 1 saturated heterocycles. The number of hydrogen-bond acceptors (Lipinski definition) is 5. The molecule has 3 atom stereocenters. The first-order valence-corrected chi connectivity index (χ1v) is 14.3. The van der Waals surface area contributed by atoms with Gasteiger partial charge in [-0.05, 0) is 11.1 Å². The molecule has 0 saturated carbocycles. The molecule has 0 spiro atoms. The maximum Gasteiger partial charge on any atom is 0.408 e. The fraction of sp³-hybridized carbons (Fsp3) is 0.417. The number of rotatable bonds is 12. The molecule has 1 fully saturated rings. The van der Waals surface area contributed by atoms with Crippen molar-refractivity contribution in [3.8, 4) is 0 Å². The summed E-state index contributed by atoms with van der Waals surface area (Å²) in [5.41, 5.74) is 1.69. The first kappa shape index (κ1) is 28.4. The second-order valence-electron chi connectivity index (χ2n) is 8.11. The number of amides is 2. The molecule has 0 aliphatic carbocycles. The number of hydrogen-bond donors (Lipinski definition) is 3. The first-order valence-electron chi connectivity index (χ1n) is 11.6. The molecule has 3 rings (SSSR count). The summed E-state index contributed by atoms with van der Waals surface area (Å²) in [6, 6.07) is 17.7. The molecule has 2 aromatic carbocycles. The van der Waals surface area contributed by atoms with Gasteiger partial charge >= 0.3 is 13.8 Å². The largest absolute Gasteiger partial charge is 0.445 e. The van der Waals surface area contributed by atoms with E-state index in [2.05, 4.69) is 15.7 Å². The maximum absolute atomic E-state index is 13.4. The molecule has 2 aromatic rings. The van der Waals surface area contributed by atoms with E-state index >= 15 is 0 Å². The average molecular weight is 557 g/mol. The summed E-state index contributed by atoms with van der Waals surface area (Å²) in [5, 5.41) is 8.43. The Morgan fingerprint density at radius 2 is 1.67 bits per heavy atom. The third-order valence-electron chi connectivity index (χ3n) is 5.47. The predicted octanol–water partition coefficient (Wildman–Crippen LogP) is 3.86. The molecule has 0 aromatic heterocycles. The van der Waals surface area contributed by atoms with Crippen LogP contribution >= 0.6 is 30.9 Å². The lowest BCUT2D eigenvalue weighted by molar-refractivity contribution is -0.124. The smallest absolute Gasteiger partial charge is 0.408 e. The second-order valence-corrected chi connectivity index (χ2v) is 11.0. The van der Waals surface area contributed by atoms with Crippen LogP contribution in [-0.2, 0) is 31.6 Å². The van der Waals surface area contributed by atoms with Crippen molar-refractivity contribution in [2.75, 3.05) is 31.5 Å². The Hall–Kier alpha value is -2.13. The van der Waals surface area contributed by atoms with Gasteiger partial charge in [0.25, 0.3) is 0 Å². The molecule has 1 heterocycles. The van der Waals surface area contributed by atoms with Gasteiger partial charge in [-0.1, -0.05) is 60.7 Å². The van der Waals surface area contributed by atoms with E-state index in [1.807, 2.05) is 60.7 Å². The highest BCUT2D eigenvalue weighted by molar-refractivity contribution is 7.54. The summed E-state index contributed by atoms with van der Waals surface area (Å²) in [7, 11) is -3.45. The lowest BCUT2D eigenvalue weighted by Gasteiger charge is -2.37. The highest BCUT2D eigenvalue weighted by Gasteiger charge is 2.38. The van der Waals surface area contributed by atoms with Crippen molar-refractivity contribution in [1.82, 2.24) is 20.4 Å². The van der Waals surface area contributed by atoms with E-state index in [0.29, 0.717) is 19.5 Å². The summed E-state index contributed by atoms with van der Waals surface area (Å²) in [6.45, 7) is 0.871. The summed E-state index contributed by atoms with van der Waals surface area (Å²) < 4.78 is 25.8. The maximum atomic E-state index is 13.4. The van der Waals surface area contributed by atoms with Crippen LogP contribution in [0.3, 0.4) is 0 Å². The van der Waals surface area contributed by atoms with E-state index in [1.165, 1.54) is 0 Å². The third-order valence-corrected chi connectivity index (χ3v) is 8.12. The van der Waals surface area contributed by atoms with Gasteiger partial charge in [-0.2, -0.15) is 0 Å². The summed E-state index contributed by atoms with van der Waals surface area (Å²) in [5.74, 6) is 0.0523. The SMILES string of the molecule is O=C(N[C@@H](Cc1ccccc1)C(=O)N[C@H]1CCOP(=O)(N(CCCl)CCCl)N1)OCc1ccccc1. The van der Waals surface area contributed by atoms with Crippen LogP contribution in [0.1, 0.15) is 17.5 Å². The monoisotopic (exact) mass is 556 g/mol. The van der Waals surface area contributed by atoms with Crippen molar-refractivity contribution in [3.05, 3.63) is 71.8 Å². The topological polar surface area (TPSA) is 109 Å². The molecular weight excluding hydrogens is 526 g/mol. The number of carbonyl (C=O) groups excluding carboxylic acids is 2. The van der Waals surface area contributed by atoms with Crippen molar-refractivity contribution in [1.29, 1.82) is 0 Å². The highest BCUT2D eigenvalue weighted by atomic mass is 35.5. The van der Waals surface area contributed by atoms with Crippen molar-refractivity contribution in [2.45, 2.75) is 31.7 Å². The van der Waals surface area contributed by atoms with Crippen molar-refractivity contribution < 1.29 is 23.4 Å². The number of nitrogens with one attached hydrogen (secondary N) is 3. The molecule has 36 heavy (non-hydrogen) atoms. The Morgan fingerprint density at radius 3 is 2.28 bits per heavy atom. The minimum absolute atomic E-state index is 0.0774. The van der Waals surface area contributed by atoms with Crippen LogP contribution in [0.5, 0.6) is 0 Å². The first-order chi connectivity index (χ1) is 17.4. The minimum Gasteiger partial charge on any atom is -0.445 e. The van der Waals surface area contributed by atoms with Crippen LogP contribution in [0.25, 0.3) is 0 Å². The molecule has 9 nitrogen and oxygen atoms in total. The Bertz CT molecular complexity index is 1010. The number of ether oxygens (including phenoxy) is 1. The van der Waals surface area contributed by atoms with Crippen LogP contribution in [0.4, 0.5) is 4.79 Å². The van der Waals surface area contributed by atoms with E-state index in [-0.39, 0.29) is 31.4 Å². The molecular formula is C24H31Cl2N4O5P. The van der Waals surface area contributed by atoms with Gasteiger partial charge in [0.15, 0.2) is 0 Å². The zero-order valence-corrected chi connectivity index (χ0v) is 22.2. The molecule has 1 aliphatic rings. The molecule has 1 unspecified atom stereocenters. The molecule has 2 amide bonds. The van der Waals surface area contributed by atoms with Gasteiger partial charge in [-0.25, -0.2) is 14.6 Å². The van der Waals surface area contributed by atoms with Gasteiger partial charge in [0.1, 0.15) is 12.6 Å². The predicted molar refractivity (Wildman–Crippen MR) is 140 cm³/mol. The summed E-state index contributed by atoms with van der Waals surface area (Å²) in [4.78, 5) is 25.8. The lowest BCUT2D eigenvalue weighted by atomic mass is 10.1. The number of halogens is 2. The molecule has 12 heteroatoms. The number of carbonyl (C=O) groups is 2. The lowest BCUT2D eigenvalue weighted by Crippen LogP contribution is -2.56. The van der Waals surface area contributed by atoms with E-state index in [9.17, 15) is 14.2 Å². The standard InChI is InChI=1S/C24H31Cl2N4O5P/c25-12-14-30(15-13-26)36(33)29-22(11-16-35-36)28-23(31)21(17-19-7-3-1-4-8-19)27-24(32)34-18-20-9-5-2-6-10-20/h1-10,21-22H,11-18H2,(H,27,32)(H,28,31)(H,29,33)/t21-,22+,36?/m0/s1. The molecule has 0 bridgehead atoms. The van der Waals surface area contributed by atoms with Gasteiger partial charge in [-0.15, -0.1) is 23.2 Å². The normalized spacial score (nSPS) is 20.5. The zero-order valence-electron chi connectivity index (χ0n) is 19.8. The quantitative estimate of drug-likeness (QED) is 0.269. The van der Waals surface area contributed by atoms with Gasteiger partial charge < -0.3 is 19.9 Å². The molecule has 1 aliphatic heterocycles. The van der Waals surface area contributed by atoms with E-state index in [4.69, 9.17) is 32.5 Å². The summed E-state index contributed by atoms with van der Waals surface area (Å²) >= 11 is 11.7. The number of alkyl carbamates (subject to hydrolysis) is 1. The van der Waals surface area contributed by atoms with Gasteiger partial charge in [0, 0.05) is 37.7 Å². The van der Waals surface area contributed by atoms with Gasteiger partial charge in [-0.3, -0.25) is 9.36 Å². The molecule has 3 N–H and O–H groups in total. The van der Waals surface area contributed by atoms with Crippen molar-refractivity contribution in [2.24, 2.45) is 0 Å². The Labute approximate surface area is 221 Å². The zero-order chi connectivity index (χ0) is 25.8. The van der Waals surface area contributed by atoms with Gasteiger partial charge in [0.2, 0.25) is 5.91 Å². The number of nitrogens with zero attached hydrogens (tertiary/aromatic N) is 1. The minimum atomic E-state index is -3.45. The van der Waals surface area contributed by atoms with Gasteiger partial charge in [0.05, 0.1) is 12.8 Å². The Morgan fingerprint density at radius 1 is 1.06 bits per heavy atom. The Balaban J connectivity index is 1.65.